The Bertz CT molecular complexity index is 410. The molecule has 0 unspecified atom stereocenters. The molecular weight excluding hydrogens is 234 g/mol. The lowest BCUT2D eigenvalue weighted by Crippen LogP contribution is -2.25. The Labute approximate surface area is 107 Å². The molecule has 6 heteroatoms. The molecule has 0 fully saturated rings. The number of methoxy groups -OCH3 is 1. The molecule has 0 radical (unpaired) electrons. The maximum Gasteiger partial charge on any atom is 0.311 e. The van der Waals surface area contributed by atoms with E-state index in [4.69, 9.17) is 4.74 Å². The number of nitrogens with zero attached hydrogens (tertiary/aromatic N) is 3. The molecule has 1 rings (SSSR count). The molecule has 0 amide bonds. The molecule has 0 aromatic carbocycles. The Kier molecular flexibility index (Phi) is 5.35. The standard InChI is InChI=1S/C12H19N3O3/c1-4-6-9-14(5-2)12-10(15(16)17)7-8-11(13-12)18-3/h7-8H,4-6,9H2,1-3H3. The first-order valence-corrected chi connectivity index (χ1v) is 6.08. The second-order valence-corrected chi connectivity index (χ2v) is 3.89. The maximum atomic E-state index is 11.0. The molecule has 0 spiro atoms. The molecule has 1 aromatic rings. The minimum atomic E-state index is -0.406. The molecular formula is C12H19N3O3. The number of hydrogen-bond donors (Lipinski definition) is 0. The van der Waals surface area contributed by atoms with Crippen LogP contribution in [0.4, 0.5) is 11.5 Å². The van der Waals surface area contributed by atoms with Gasteiger partial charge < -0.3 is 9.64 Å². The highest BCUT2D eigenvalue weighted by Gasteiger charge is 2.20. The lowest BCUT2D eigenvalue weighted by Gasteiger charge is -2.21. The molecule has 1 aromatic heterocycles. The highest BCUT2D eigenvalue weighted by atomic mass is 16.6. The van der Waals surface area contributed by atoms with Gasteiger partial charge in [0.25, 0.3) is 0 Å². The van der Waals surface area contributed by atoms with Gasteiger partial charge in [0, 0.05) is 25.2 Å². The van der Waals surface area contributed by atoms with Gasteiger partial charge >= 0.3 is 5.69 Å². The Balaban J connectivity index is 3.11. The number of hydrogen-bond acceptors (Lipinski definition) is 5. The quantitative estimate of drug-likeness (QED) is 0.552. The molecule has 18 heavy (non-hydrogen) atoms. The Hall–Kier alpha value is -1.85. The lowest BCUT2D eigenvalue weighted by atomic mass is 10.3. The van der Waals surface area contributed by atoms with E-state index in [0.717, 1.165) is 19.4 Å². The summed E-state index contributed by atoms with van der Waals surface area (Å²) in [7, 11) is 1.50. The zero-order valence-corrected chi connectivity index (χ0v) is 11.0. The van der Waals surface area contributed by atoms with Crippen molar-refractivity contribution in [3.63, 3.8) is 0 Å². The van der Waals surface area contributed by atoms with Crippen LogP contribution in [0.3, 0.4) is 0 Å². The van der Waals surface area contributed by atoms with E-state index in [2.05, 4.69) is 11.9 Å². The van der Waals surface area contributed by atoms with Gasteiger partial charge in [0.2, 0.25) is 11.7 Å². The molecule has 0 aliphatic rings. The summed E-state index contributed by atoms with van der Waals surface area (Å²) in [5, 5.41) is 11.0. The van der Waals surface area contributed by atoms with E-state index in [1.807, 2.05) is 11.8 Å². The third-order valence-electron chi connectivity index (χ3n) is 2.70. The first-order chi connectivity index (χ1) is 8.63. The summed E-state index contributed by atoms with van der Waals surface area (Å²) >= 11 is 0. The molecule has 0 aliphatic carbocycles. The number of rotatable bonds is 7. The molecule has 0 bridgehead atoms. The van der Waals surface area contributed by atoms with Gasteiger partial charge in [-0.3, -0.25) is 10.1 Å². The van der Waals surface area contributed by atoms with Crippen LogP contribution in [0, 0.1) is 10.1 Å². The molecule has 0 aliphatic heterocycles. The van der Waals surface area contributed by atoms with Crippen LogP contribution in [0.5, 0.6) is 5.88 Å². The van der Waals surface area contributed by atoms with Gasteiger partial charge in [0.1, 0.15) is 0 Å². The van der Waals surface area contributed by atoms with Crippen molar-refractivity contribution < 1.29 is 9.66 Å². The average molecular weight is 253 g/mol. The van der Waals surface area contributed by atoms with Gasteiger partial charge in [0.15, 0.2) is 0 Å². The monoisotopic (exact) mass is 253 g/mol. The molecule has 0 atom stereocenters. The van der Waals surface area contributed by atoms with Crippen LogP contribution in [-0.4, -0.2) is 30.1 Å². The smallest absolute Gasteiger partial charge is 0.311 e. The summed E-state index contributed by atoms with van der Waals surface area (Å²) in [4.78, 5) is 16.7. The van der Waals surface area contributed by atoms with E-state index in [-0.39, 0.29) is 5.69 Å². The summed E-state index contributed by atoms with van der Waals surface area (Å²) in [5.41, 5.74) is 0.0220. The Morgan fingerprint density at radius 3 is 2.67 bits per heavy atom. The van der Waals surface area contributed by atoms with Gasteiger partial charge in [-0.25, -0.2) is 0 Å². The fourth-order valence-electron chi connectivity index (χ4n) is 1.68. The summed E-state index contributed by atoms with van der Waals surface area (Å²) < 4.78 is 5.03. The summed E-state index contributed by atoms with van der Waals surface area (Å²) in [6, 6.07) is 2.95. The number of pyridine rings is 1. The van der Waals surface area contributed by atoms with Crippen LogP contribution in [0.25, 0.3) is 0 Å². The highest BCUT2D eigenvalue weighted by molar-refractivity contribution is 5.58. The van der Waals surface area contributed by atoms with Crippen molar-refractivity contribution in [2.75, 3.05) is 25.1 Å². The second kappa shape index (κ2) is 6.78. The largest absolute Gasteiger partial charge is 0.481 e. The average Bonchev–Trinajstić information content (AvgIpc) is 2.39. The molecule has 1 heterocycles. The minimum absolute atomic E-state index is 0.0220. The SMILES string of the molecule is CCCCN(CC)c1nc(OC)ccc1[N+](=O)[O-]. The van der Waals surface area contributed by atoms with E-state index in [0.29, 0.717) is 18.2 Å². The van der Waals surface area contributed by atoms with E-state index in [9.17, 15) is 10.1 Å². The Morgan fingerprint density at radius 2 is 2.17 bits per heavy atom. The van der Waals surface area contributed by atoms with Crippen molar-refractivity contribution in [2.45, 2.75) is 26.7 Å². The number of unbranched alkanes of at least 4 members (excludes halogenated alkanes) is 1. The van der Waals surface area contributed by atoms with Crippen molar-refractivity contribution in [3.8, 4) is 5.88 Å². The maximum absolute atomic E-state index is 11.0. The fraction of sp³-hybridized carbons (Fsp3) is 0.583. The predicted molar refractivity (Wildman–Crippen MR) is 70.2 cm³/mol. The van der Waals surface area contributed by atoms with E-state index >= 15 is 0 Å². The van der Waals surface area contributed by atoms with E-state index < -0.39 is 4.92 Å². The molecule has 0 saturated carbocycles. The first kappa shape index (κ1) is 14.2. The van der Waals surface area contributed by atoms with Gasteiger partial charge in [-0.15, -0.1) is 0 Å². The van der Waals surface area contributed by atoms with Gasteiger partial charge in [-0.1, -0.05) is 13.3 Å². The van der Waals surface area contributed by atoms with Crippen LogP contribution in [-0.2, 0) is 0 Å². The van der Waals surface area contributed by atoms with Gasteiger partial charge in [-0.05, 0) is 13.3 Å². The highest BCUT2D eigenvalue weighted by Crippen LogP contribution is 2.28. The van der Waals surface area contributed by atoms with Gasteiger partial charge in [-0.2, -0.15) is 4.98 Å². The summed E-state index contributed by atoms with van der Waals surface area (Å²) in [6.07, 6.45) is 2.01. The van der Waals surface area contributed by atoms with Crippen molar-refractivity contribution in [1.82, 2.24) is 4.98 Å². The van der Waals surface area contributed by atoms with Crippen molar-refractivity contribution in [1.29, 1.82) is 0 Å². The minimum Gasteiger partial charge on any atom is -0.481 e. The normalized spacial score (nSPS) is 10.2. The van der Waals surface area contributed by atoms with E-state index in [1.165, 1.54) is 19.2 Å². The second-order valence-electron chi connectivity index (χ2n) is 3.89. The van der Waals surface area contributed by atoms with E-state index in [1.54, 1.807) is 0 Å². The third kappa shape index (κ3) is 3.32. The lowest BCUT2D eigenvalue weighted by molar-refractivity contribution is -0.384. The zero-order valence-electron chi connectivity index (χ0n) is 11.0. The third-order valence-corrected chi connectivity index (χ3v) is 2.70. The van der Waals surface area contributed by atoms with Crippen LogP contribution in [0.1, 0.15) is 26.7 Å². The summed E-state index contributed by atoms with van der Waals surface area (Å²) in [6.45, 7) is 5.48. The van der Waals surface area contributed by atoms with Crippen molar-refractivity contribution in [2.24, 2.45) is 0 Å². The molecule has 100 valence electrons. The number of anilines is 1. The Morgan fingerprint density at radius 1 is 1.44 bits per heavy atom. The van der Waals surface area contributed by atoms with Crippen molar-refractivity contribution in [3.05, 3.63) is 22.2 Å². The van der Waals surface area contributed by atoms with Crippen LogP contribution >= 0.6 is 0 Å². The summed E-state index contributed by atoms with van der Waals surface area (Å²) in [5.74, 6) is 0.779. The topological polar surface area (TPSA) is 68.5 Å². The predicted octanol–water partition coefficient (Wildman–Crippen LogP) is 2.62. The van der Waals surface area contributed by atoms with Crippen LogP contribution in [0.15, 0.2) is 12.1 Å². The number of aromatic nitrogens is 1. The molecule has 0 saturated heterocycles. The van der Waals surface area contributed by atoms with Crippen LogP contribution < -0.4 is 9.64 Å². The van der Waals surface area contributed by atoms with Crippen molar-refractivity contribution >= 4 is 11.5 Å². The van der Waals surface area contributed by atoms with Crippen LogP contribution in [0.2, 0.25) is 0 Å². The zero-order chi connectivity index (χ0) is 13.5. The molecule has 0 N–H and O–H groups in total. The number of ether oxygens (including phenoxy) is 1. The number of nitro groups is 1. The van der Waals surface area contributed by atoms with Gasteiger partial charge in [0.05, 0.1) is 12.0 Å². The molecule has 6 nitrogen and oxygen atoms in total. The fourth-order valence-corrected chi connectivity index (χ4v) is 1.68. The first-order valence-electron chi connectivity index (χ1n) is 6.08.